The zero-order valence-electron chi connectivity index (χ0n) is 12.9. The van der Waals surface area contributed by atoms with E-state index in [1.165, 1.54) is 0 Å². The van der Waals surface area contributed by atoms with Crippen molar-refractivity contribution in [1.29, 1.82) is 0 Å². The van der Waals surface area contributed by atoms with Gasteiger partial charge >= 0.3 is 0 Å². The highest BCUT2D eigenvalue weighted by atomic mass is 32.2. The van der Waals surface area contributed by atoms with Crippen molar-refractivity contribution in [1.82, 2.24) is 4.31 Å². The van der Waals surface area contributed by atoms with Crippen LogP contribution in [0.15, 0.2) is 23.1 Å². The molecule has 3 nitrogen and oxygen atoms in total. The first-order valence-corrected chi connectivity index (χ1v) is 10.3. The lowest BCUT2D eigenvalue weighted by Gasteiger charge is -2.37. The minimum absolute atomic E-state index is 0.201. The summed E-state index contributed by atoms with van der Waals surface area (Å²) in [5, 5.41) is 0.619. The predicted octanol–water partition coefficient (Wildman–Crippen LogP) is 3.35. The SMILES string of the molecule is CSC1CC2CCC(C1)N2S(=O)(=O)c1ccc(C)cc1C. The van der Waals surface area contributed by atoms with E-state index < -0.39 is 10.0 Å². The lowest BCUT2D eigenvalue weighted by molar-refractivity contribution is 0.253. The summed E-state index contributed by atoms with van der Waals surface area (Å²) in [5.74, 6) is 0. The third kappa shape index (κ3) is 2.64. The third-order valence-electron chi connectivity index (χ3n) is 4.84. The standard InChI is InChI=1S/C16H23NO2S2/c1-11-4-7-16(12(2)8-11)21(18,19)17-13-5-6-14(17)10-15(9-13)20-3/h4,7-8,13-15H,5-6,9-10H2,1-3H3. The van der Waals surface area contributed by atoms with Crippen LogP contribution in [0, 0.1) is 13.8 Å². The minimum Gasteiger partial charge on any atom is -0.207 e. The topological polar surface area (TPSA) is 37.4 Å². The molecule has 2 aliphatic heterocycles. The summed E-state index contributed by atoms with van der Waals surface area (Å²) >= 11 is 1.89. The van der Waals surface area contributed by atoms with Gasteiger partial charge in [-0.2, -0.15) is 16.1 Å². The molecule has 21 heavy (non-hydrogen) atoms. The van der Waals surface area contributed by atoms with Crippen molar-refractivity contribution in [3.05, 3.63) is 29.3 Å². The predicted molar refractivity (Wildman–Crippen MR) is 88.3 cm³/mol. The molecule has 0 saturated carbocycles. The number of sulfonamides is 1. The monoisotopic (exact) mass is 325 g/mol. The van der Waals surface area contributed by atoms with Crippen LogP contribution in [0.3, 0.4) is 0 Å². The van der Waals surface area contributed by atoms with Gasteiger partial charge in [0.2, 0.25) is 10.0 Å². The summed E-state index contributed by atoms with van der Waals surface area (Å²) in [5.41, 5.74) is 1.97. The smallest absolute Gasteiger partial charge is 0.207 e. The summed E-state index contributed by atoms with van der Waals surface area (Å²) in [6.45, 7) is 3.90. The Labute approximate surface area is 132 Å². The van der Waals surface area contributed by atoms with Crippen molar-refractivity contribution in [2.24, 2.45) is 0 Å². The maximum absolute atomic E-state index is 13.1. The molecule has 2 heterocycles. The first kappa shape index (κ1) is 15.4. The van der Waals surface area contributed by atoms with E-state index in [4.69, 9.17) is 0 Å². The van der Waals surface area contributed by atoms with E-state index in [0.29, 0.717) is 10.1 Å². The van der Waals surface area contributed by atoms with Gasteiger partial charge in [-0.05, 0) is 57.4 Å². The van der Waals surface area contributed by atoms with Crippen LogP contribution in [0.4, 0.5) is 0 Å². The summed E-state index contributed by atoms with van der Waals surface area (Å²) in [6.07, 6.45) is 6.18. The Morgan fingerprint density at radius 1 is 1.14 bits per heavy atom. The summed E-state index contributed by atoms with van der Waals surface area (Å²) in [6, 6.07) is 6.04. The van der Waals surface area contributed by atoms with Crippen LogP contribution in [0.1, 0.15) is 36.8 Å². The number of fused-ring (bicyclic) bond motifs is 2. The number of rotatable bonds is 3. The molecule has 1 aromatic carbocycles. The van der Waals surface area contributed by atoms with Crippen molar-refractivity contribution >= 4 is 21.8 Å². The molecule has 0 aromatic heterocycles. The van der Waals surface area contributed by atoms with E-state index in [1.54, 1.807) is 6.07 Å². The molecule has 2 fully saturated rings. The summed E-state index contributed by atoms with van der Waals surface area (Å²) in [7, 11) is -3.35. The summed E-state index contributed by atoms with van der Waals surface area (Å²) < 4.78 is 28.0. The van der Waals surface area contributed by atoms with Crippen LogP contribution in [0.2, 0.25) is 0 Å². The first-order valence-electron chi connectivity index (χ1n) is 7.57. The number of benzene rings is 1. The van der Waals surface area contributed by atoms with Gasteiger partial charge in [-0.1, -0.05) is 17.7 Å². The molecule has 2 saturated heterocycles. The molecule has 2 aliphatic rings. The van der Waals surface area contributed by atoms with Gasteiger partial charge in [0, 0.05) is 17.3 Å². The van der Waals surface area contributed by atoms with E-state index >= 15 is 0 Å². The zero-order chi connectivity index (χ0) is 15.2. The number of piperidine rings is 1. The molecule has 3 rings (SSSR count). The number of aryl methyl sites for hydroxylation is 2. The molecule has 2 unspecified atom stereocenters. The second-order valence-corrected chi connectivity index (χ2v) is 9.27. The van der Waals surface area contributed by atoms with Crippen LogP contribution in [0.25, 0.3) is 0 Å². The average molecular weight is 325 g/mol. The molecular formula is C16H23NO2S2. The van der Waals surface area contributed by atoms with Crippen molar-refractivity contribution in [2.75, 3.05) is 6.26 Å². The normalized spacial score (nSPS) is 29.8. The highest BCUT2D eigenvalue weighted by molar-refractivity contribution is 7.99. The summed E-state index contributed by atoms with van der Waals surface area (Å²) in [4.78, 5) is 0.493. The highest BCUT2D eigenvalue weighted by Gasteiger charge is 2.47. The van der Waals surface area contributed by atoms with Crippen molar-refractivity contribution in [3.8, 4) is 0 Å². The largest absolute Gasteiger partial charge is 0.243 e. The van der Waals surface area contributed by atoms with Crippen LogP contribution in [-0.2, 0) is 10.0 Å². The molecular weight excluding hydrogens is 302 g/mol. The fraction of sp³-hybridized carbons (Fsp3) is 0.625. The zero-order valence-corrected chi connectivity index (χ0v) is 14.5. The number of nitrogens with zero attached hydrogens (tertiary/aromatic N) is 1. The average Bonchev–Trinajstić information content (AvgIpc) is 2.70. The van der Waals surface area contributed by atoms with Crippen molar-refractivity contribution in [2.45, 2.75) is 61.8 Å². The Bertz CT molecular complexity index is 628. The molecule has 2 bridgehead atoms. The van der Waals surface area contributed by atoms with Gasteiger partial charge in [-0.25, -0.2) is 8.42 Å². The van der Waals surface area contributed by atoms with Crippen LogP contribution in [0.5, 0.6) is 0 Å². The fourth-order valence-electron chi connectivity index (χ4n) is 3.87. The van der Waals surface area contributed by atoms with Gasteiger partial charge in [0.15, 0.2) is 0 Å². The quantitative estimate of drug-likeness (QED) is 0.855. The van der Waals surface area contributed by atoms with Crippen LogP contribution >= 0.6 is 11.8 Å². The van der Waals surface area contributed by atoms with E-state index in [2.05, 4.69) is 6.26 Å². The number of hydrogen-bond donors (Lipinski definition) is 0. The van der Waals surface area contributed by atoms with E-state index in [9.17, 15) is 8.42 Å². The van der Waals surface area contributed by atoms with Crippen LogP contribution in [-0.4, -0.2) is 36.3 Å². The Morgan fingerprint density at radius 3 is 2.29 bits per heavy atom. The van der Waals surface area contributed by atoms with Crippen molar-refractivity contribution < 1.29 is 8.42 Å². The van der Waals surface area contributed by atoms with Gasteiger partial charge in [0.05, 0.1) is 4.90 Å². The second kappa shape index (κ2) is 5.60. The Morgan fingerprint density at radius 2 is 1.76 bits per heavy atom. The maximum atomic E-state index is 13.1. The minimum atomic E-state index is -3.35. The molecule has 0 radical (unpaired) electrons. The van der Waals surface area contributed by atoms with Gasteiger partial charge < -0.3 is 0 Å². The van der Waals surface area contributed by atoms with Gasteiger partial charge in [0.1, 0.15) is 0 Å². The Hall–Kier alpha value is -0.520. The van der Waals surface area contributed by atoms with E-state index in [1.807, 2.05) is 42.0 Å². The molecule has 116 valence electrons. The lowest BCUT2D eigenvalue weighted by Crippen LogP contribution is -2.47. The second-order valence-electron chi connectivity index (χ2n) is 6.32. The molecule has 5 heteroatoms. The third-order valence-corrected chi connectivity index (χ3v) is 8.06. The maximum Gasteiger partial charge on any atom is 0.243 e. The fourth-order valence-corrected chi connectivity index (χ4v) is 6.80. The number of hydrogen-bond acceptors (Lipinski definition) is 3. The molecule has 0 amide bonds. The van der Waals surface area contributed by atoms with Crippen LogP contribution < -0.4 is 0 Å². The van der Waals surface area contributed by atoms with Gasteiger partial charge in [0.25, 0.3) is 0 Å². The first-order chi connectivity index (χ1) is 9.93. The molecule has 0 N–H and O–H groups in total. The molecule has 1 aromatic rings. The lowest BCUT2D eigenvalue weighted by atomic mass is 10.1. The highest BCUT2D eigenvalue weighted by Crippen LogP contribution is 2.43. The Kier molecular flexibility index (Phi) is 4.10. The van der Waals surface area contributed by atoms with Crippen molar-refractivity contribution in [3.63, 3.8) is 0 Å². The van der Waals surface area contributed by atoms with E-state index in [0.717, 1.165) is 36.8 Å². The molecule has 2 atom stereocenters. The molecule has 0 aliphatic carbocycles. The number of thioether (sulfide) groups is 1. The van der Waals surface area contributed by atoms with E-state index in [-0.39, 0.29) is 12.1 Å². The van der Waals surface area contributed by atoms with Gasteiger partial charge in [-0.15, -0.1) is 0 Å². The van der Waals surface area contributed by atoms with Gasteiger partial charge in [-0.3, -0.25) is 0 Å². The molecule has 0 spiro atoms. The Balaban J connectivity index is 1.96.